The summed E-state index contributed by atoms with van der Waals surface area (Å²) >= 11 is 0. The van der Waals surface area contributed by atoms with E-state index in [4.69, 9.17) is 4.74 Å². The highest BCUT2D eigenvalue weighted by Gasteiger charge is 2.48. The van der Waals surface area contributed by atoms with E-state index in [1.54, 1.807) is 0 Å². The zero-order chi connectivity index (χ0) is 14.8. The van der Waals surface area contributed by atoms with Gasteiger partial charge in [-0.2, -0.15) is 0 Å². The third kappa shape index (κ3) is 2.63. The van der Waals surface area contributed by atoms with Crippen molar-refractivity contribution in [3.8, 4) is 0 Å². The summed E-state index contributed by atoms with van der Waals surface area (Å²) in [4.78, 5) is 25.0. The van der Waals surface area contributed by atoms with Gasteiger partial charge in [-0.15, -0.1) is 0 Å². The van der Waals surface area contributed by atoms with Gasteiger partial charge in [0.2, 0.25) is 0 Å². The number of amides is 1. The molecule has 2 aliphatic rings. The van der Waals surface area contributed by atoms with Gasteiger partial charge in [0.15, 0.2) is 0 Å². The lowest BCUT2D eigenvalue weighted by molar-refractivity contribution is -0.142. The van der Waals surface area contributed by atoms with Crippen LogP contribution in [-0.4, -0.2) is 34.7 Å². The van der Waals surface area contributed by atoms with Crippen molar-refractivity contribution in [2.24, 2.45) is 11.8 Å². The number of hydrogen-bond acceptors (Lipinski definition) is 3. The number of carbonyl (C=O) groups is 2. The van der Waals surface area contributed by atoms with Crippen molar-refractivity contribution in [3.05, 3.63) is 48.0 Å². The Morgan fingerprint density at radius 1 is 1.29 bits per heavy atom. The summed E-state index contributed by atoms with van der Waals surface area (Å²) in [6, 6.07) is 8.55. The number of ether oxygens (including phenoxy) is 1. The molecule has 3 atom stereocenters. The van der Waals surface area contributed by atoms with Gasteiger partial charge in [-0.05, 0) is 17.9 Å². The van der Waals surface area contributed by atoms with Crippen molar-refractivity contribution in [1.82, 2.24) is 4.90 Å². The molecule has 21 heavy (non-hydrogen) atoms. The minimum Gasteiger partial charge on any atom is -0.480 e. The number of aliphatic carboxylic acids is 1. The van der Waals surface area contributed by atoms with Crippen LogP contribution in [0.15, 0.2) is 42.5 Å². The minimum atomic E-state index is -0.967. The van der Waals surface area contributed by atoms with E-state index in [0.717, 1.165) is 12.0 Å². The summed E-state index contributed by atoms with van der Waals surface area (Å²) in [6.07, 6.45) is 4.19. The lowest BCUT2D eigenvalue weighted by Gasteiger charge is -2.22. The van der Waals surface area contributed by atoms with Crippen LogP contribution in [0.1, 0.15) is 12.0 Å². The molecule has 1 N–H and O–H groups in total. The van der Waals surface area contributed by atoms with Crippen LogP contribution in [0.5, 0.6) is 0 Å². The molecule has 0 aromatic heterocycles. The second-order valence-corrected chi connectivity index (χ2v) is 5.48. The molecule has 0 spiro atoms. The van der Waals surface area contributed by atoms with Crippen molar-refractivity contribution in [3.63, 3.8) is 0 Å². The number of benzene rings is 1. The number of carbonyl (C=O) groups excluding carboxylic acids is 1. The van der Waals surface area contributed by atoms with Crippen LogP contribution >= 0.6 is 0 Å². The Hall–Kier alpha value is -2.30. The number of nitrogens with zero attached hydrogens (tertiary/aromatic N) is 1. The Labute approximate surface area is 122 Å². The summed E-state index contributed by atoms with van der Waals surface area (Å²) in [5, 5.41) is 9.38. The van der Waals surface area contributed by atoms with E-state index >= 15 is 0 Å². The van der Waals surface area contributed by atoms with E-state index in [0.29, 0.717) is 6.54 Å². The highest BCUT2D eigenvalue weighted by molar-refractivity contribution is 5.81. The van der Waals surface area contributed by atoms with Crippen molar-refractivity contribution < 1.29 is 19.4 Å². The second-order valence-electron chi connectivity index (χ2n) is 5.48. The molecule has 1 aromatic carbocycles. The maximum Gasteiger partial charge on any atom is 0.410 e. The molecule has 5 nitrogen and oxygen atoms in total. The molecule has 0 unspecified atom stereocenters. The lowest BCUT2D eigenvalue weighted by atomic mass is 9.94. The first-order chi connectivity index (χ1) is 10.2. The highest BCUT2D eigenvalue weighted by Crippen LogP contribution is 2.38. The van der Waals surface area contributed by atoms with E-state index in [-0.39, 0.29) is 18.4 Å². The quantitative estimate of drug-likeness (QED) is 0.866. The molecule has 1 fully saturated rings. The Bertz CT molecular complexity index is 569. The first kappa shape index (κ1) is 13.7. The van der Waals surface area contributed by atoms with E-state index in [9.17, 15) is 14.7 Å². The number of allylic oxidation sites excluding steroid dienone is 1. The first-order valence-corrected chi connectivity index (χ1v) is 7.03. The topological polar surface area (TPSA) is 66.8 Å². The van der Waals surface area contributed by atoms with E-state index in [1.807, 2.05) is 42.5 Å². The largest absolute Gasteiger partial charge is 0.480 e. The van der Waals surface area contributed by atoms with Gasteiger partial charge in [0, 0.05) is 12.5 Å². The van der Waals surface area contributed by atoms with Crippen LogP contribution in [0.2, 0.25) is 0 Å². The van der Waals surface area contributed by atoms with Crippen molar-refractivity contribution in [2.45, 2.75) is 19.1 Å². The van der Waals surface area contributed by atoms with Crippen LogP contribution in [0.4, 0.5) is 4.79 Å². The van der Waals surface area contributed by atoms with Crippen LogP contribution in [0.3, 0.4) is 0 Å². The SMILES string of the molecule is O=C(O)[C@@H]1[C@H]2C=CC[C@H]2CN1C(=O)OCc1ccccc1. The van der Waals surface area contributed by atoms with Crippen molar-refractivity contribution >= 4 is 12.1 Å². The van der Waals surface area contributed by atoms with E-state index in [2.05, 4.69) is 0 Å². The monoisotopic (exact) mass is 287 g/mol. The lowest BCUT2D eigenvalue weighted by Crippen LogP contribution is -2.43. The molecule has 1 aromatic rings. The smallest absolute Gasteiger partial charge is 0.410 e. The fourth-order valence-electron chi connectivity index (χ4n) is 3.15. The number of carboxylic acid groups (broad SMARTS) is 1. The van der Waals surface area contributed by atoms with Gasteiger partial charge in [0.1, 0.15) is 12.6 Å². The third-order valence-electron chi connectivity index (χ3n) is 4.17. The predicted molar refractivity (Wildman–Crippen MR) is 75.5 cm³/mol. The van der Waals surface area contributed by atoms with Crippen LogP contribution < -0.4 is 0 Å². The molecule has 1 heterocycles. The summed E-state index contributed by atoms with van der Waals surface area (Å²) in [6.45, 7) is 0.607. The fraction of sp³-hybridized carbons (Fsp3) is 0.375. The number of fused-ring (bicyclic) bond motifs is 1. The predicted octanol–water partition coefficient (Wildman–Crippen LogP) is 2.28. The Morgan fingerprint density at radius 2 is 2.05 bits per heavy atom. The number of rotatable bonds is 3. The van der Waals surface area contributed by atoms with E-state index < -0.39 is 18.1 Å². The molecule has 0 bridgehead atoms. The van der Waals surface area contributed by atoms with Gasteiger partial charge in [0.25, 0.3) is 0 Å². The van der Waals surface area contributed by atoms with Gasteiger partial charge in [-0.25, -0.2) is 9.59 Å². The van der Waals surface area contributed by atoms with Gasteiger partial charge < -0.3 is 9.84 Å². The second kappa shape index (κ2) is 5.60. The number of carboxylic acids is 1. The van der Waals surface area contributed by atoms with Crippen molar-refractivity contribution in [1.29, 1.82) is 0 Å². The van der Waals surface area contributed by atoms with E-state index in [1.165, 1.54) is 4.90 Å². The Balaban J connectivity index is 1.66. The first-order valence-electron chi connectivity index (χ1n) is 7.03. The average molecular weight is 287 g/mol. The van der Waals surface area contributed by atoms with Crippen LogP contribution in [0.25, 0.3) is 0 Å². The highest BCUT2D eigenvalue weighted by atomic mass is 16.6. The third-order valence-corrected chi connectivity index (χ3v) is 4.17. The molecule has 0 radical (unpaired) electrons. The average Bonchev–Trinajstić information content (AvgIpc) is 3.05. The van der Waals surface area contributed by atoms with Gasteiger partial charge in [-0.3, -0.25) is 4.90 Å². The number of likely N-dealkylation sites (tertiary alicyclic amines) is 1. The molecular formula is C16H17NO4. The summed E-state index contributed by atoms with van der Waals surface area (Å²) in [5.74, 6) is -0.854. The molecule has 1 aliphatic carbocycles. The molecule has 3 rings (SSSR count). The Morgan fingerprint density at radius 3 is 2.76 bits per heavy atom. The molecule has 1 saturated heterocycles. The molecular weight excluding hydrogens is 270 g/mol. The summed E-state index contributed by atoms with van der Waals surface area (Å²) in [5.41, 5.74) is 0.886. The maximum atomic E-state index is 12.2. The molecule has 110 valence electrons. The van der Waals surface area contributed by atoms with Gasteiger partial charge in [0.05, 0.1) is 0 Å². The zero-order valence-electron chi connectivity index (χ0n) is 11.5. The molecule has 1 amide bonds. The fourth-order valence-corrected chi connectivity index (χ4v) is 3.15. The Kier molecular flexibility index (Phi) is 3.64. The van der Waals surface area contributed by atoms with Gasteiger partial charge in [-0.1, -0.05) is 42.5 Å². The zero-order valence-corrected chi connectivity index (χ0v) is 11.5. The minimum absolute atomic E-state index is 0.0909. The van der Waals surface area contributed by atoms with Gasteiger partial charge >= 0.3 is 12.1 Å². The standard InChI is InChI=1S/C16H17NO4/c18-15(19)14-13-8-4-7-12(13)9-17(14)16(20)21-10-11-5-2-1-3-6-11/h1-6,8,12-14H,7,9-10H2,(H,18,19)/t12-,13-,14-/m0/s1. The molecule has 0 saturated carbocycles. The number of hydrogen-bond donors (Lipinski definition) is 1. The van der Waals surface area contributed by atoms with Crippen LogP contribution in [0, 0.1) is 11.8 Å². The molecule has 1 aliphatic heterocycles. The van der Waals surface area contributed by atoms with Crippen molar-refractivity contribution in [2.75, 3.05) is 6.54 Å². The summed E-state index contributed by atoms with van der Waals surface area (Å²) in [7, 11) is 0. The maximum absolute atomic E-state index is 12.2. The molecule has 5 heteroatoms. The summed E-state index contributed by atoms with van der Waals surface area (Å²) < 4.78 is 5.26. The normalized spacial score (nSPS) is 26.7. The van der Waals surface area contributed by atoms with Crippen LogP contribution in [-0.2, 0) is 16.1 Å².